The van der Waals surface area contributed by atoms with Crippen molar-refractivity contribution in [1.29, 1.82) is 0 Å². The van der Waals surface area contributed by atoms with Gasteiger partial charge in [0.1, 0.15) is 0 Å². The van der Waals surface area contributed by atoms with Crippen LogP contribution in [-0.2, 0) is 0 Å². The summed E-state index contributed by atoms with van der Waals surface area (Å²) in [6.45, 7) is 4.00. The van der Waals surface area contributed by atoms with Crippen molar-refractivity contribution in [2.75, 3.05) is 10.6 Å². The lowest BCUT2D eigenvalue weighted by Crippen LogP contribution is -2.16. The van der Waals surface area contributed by atoms with Crippen LogP contribution < -0.4 is 10.6 Å². The van der Waals surface area contributed by atoms with Crippen molar-refractivity contribution in [2.24, 2.45) is 0 Å². The summed E-state index contributed by atoms with van der Waals surface area (Å²) in [6.07, 6.45) is 0. The molecule has 0 bridgehead atoms. The third-order valence-corrected chi connectivity index (χ3v) is 5.23. The molecule has 4 heteroatoms. The smallest absolute Gasteiger partial charge is 0.256 e. The largest absolute Gasteiger partial charge is 0.322 e. The van der Waals surface area contributed by atoms with Crippen LogP contribution in [-0.4, -0.2) is 11.8 Å². The lowest BCUT2D eigenvalue weighted by atomic mass is 9.96. The van der Waals surface area contributed by atoms with Gasteiger partial charge in [-0.2, -0.15) is 0 Å². The van der Waals surface area contributed by atoms with E-state index in [0.717, 1.165) is 28.1 Å². The molecule has 0 aliphatic heterocycles. The predicted molar refractivity (Wildman–Crippen MR) is 130 cm³/mol. The normalized spacial score (nSPS) is 10.4. The van der Waals surface area contributed by atoms with E-state index in [1.807, 2.05) is 92.7 Å². The second-order valence-corrected chi connectivity index (χ2v) is 7.77. The summed E-state index contributed by atoms with van der Waals surface area (Å²) >= 11 is 0. The molecule has 4 aromatic carbocycles. The van der Waals surface area contributed by atoms with E-state index in [9.17, 15) is 9.59 Å². The average molecular weight is 421 g/mol. The van der Waals surface area contributed by atoms with Crippen molar-refractivity contribution in [3.63, 3.8) is 0 Å². The van der Waals surface area contributed by atoms with Crippen molar-refractivity contribution in [1.82, 2.24) is 0 Å². The Kier molecular flexibility index (Phi) is 6.13. The number of carbonyl (C=O) groups excluding carboxylic acids is 2. The fourth-order valence-corrected chi connectivity index (χ4v) is 3.42. The second kappa shape index (κ2) is 9.31. The van der Waals surface area contributed by atoms with Gasteiger partial charge >= 0.3 is 0 Å². The molecular formula is C28H24N2O2. The van der Waals surface area contributed by atoms with Crippen LogP contribution in [0.3, 0.4) is 0 Å². The van der Waals surface area contributed by atoms with Crippen LogP contribution in [0.15, 0.2) is 97.1 Å². The number of nitrogens with one attached hydrogen (secondary N) is 2. The lowest BCUT2D eigenvalue weighted by Gasteiger charge is -2.13. The third kappa shape index (κ3) is 4.93. The molecule has 0 aromatic heterocycles. The maximum atomic E-state index is 13.1. The Hall–Kier alpha value is -4.18. The highest BCUT2D eigenvalue weighted by molar-refractivity contribution is 6.11. The van der Waals surface area contributed by atoms with Gasteiger partial charge in [0.25, 0.3) is 11.8 Å². The van der Waals surface area contributed by atoms with Gasteiger partial charge in [0, 0.05) is 22.5 Å². The maximum absolute atomic E-state index is 13.1. The molecule has 2 N–H and O–H groups in total. The number of rotatable bonds is 5. The van der Waals surface area contributed by atoms with E-state index in [2.05, 4.69) is 10.6 Å². The summed E-state index contributed by atoms with van der Waals surface area (Å²) < 4.78 is 0. The second-order valence-electron chi connectivity index (χ2n) is 7.77. The summed E-state index contributed by atoms with van der Waals surface area (Å²) in [5.74, 6) is -0.449. The minimum absolute atomic E-state index is 0.224. The predicted octanol–water partition coefficient (Wildman–Crippen LogP) is 6.48. The van der Waals surface area contributed by atoms with E-state index >= 15 is 0 Å². The first kappa shape index (κ1) is 21.1. The molecule has 0 saturated carbocycles. The quantitative estimate of drug-likeness (QED) is 0.388. The van der Waals surface area contributed by atoms with Gasteiger partial charge in [0.2, 0.25) is 0 Å². The van der Waals surface area contributed by atoms with E-state index in [-0.39, 0.29) is 11.8 Å². The van der Waals surface area contributed by atoms with E-state index in [0.29, 0.717) is 16.7 Å². The summed E-state index contributed by atoms with van der Waals surface area (Å²) in [7, 11) is 0. The molecule has 4 rings (SSSR count). The van der Waals surface area contributed by atoms with Crippen LogP contribution >= 0.6 is 0 Å². The van der Waals surface area contributed by atoms with Crippen LogP contribution in [0.2, 0.25) is 0 Å². The Morgan fingerprint density at radius 3 is 1.69 bits per heavy atom. The minimum Gasteiger partial charge on any atom is -0.322 e. The van der Waals surface area contributed by atoms with Crippen LogP contribution in [0.25, 0.3) is 11.1 Å². The number of carbonyl (C=O) groups is 2. The molecule has 4 aromatic rings. The number of hydrogen-bond donors (Lipinski definition) is 2. The maximum Gasteiger partial charge on any atom is 0.256 e. The number of aryl methyl sites for hydroxylation is 2. The van der Waals surface area contributed by atoms with Crippen LogP contribution in [0.4, 0.5) is 11.4 Å². The highest BCUT2D eigenvalue weighted by atomic mass is 16.2. The number of amides is 2. The Morgan fingerprint density at radius 1 is 0.594 bits per heavy atom. The van der Waals surface area contributed by atoms with Crippen molar-refractivity contribution >= 4 is 23.2 Å². The summed E-state index contributed by atoms with van der Waals surface area (Å²) in [6, 6.07) is 30.0. The van der Waals surface area contributed by atoms with E-state index in [4.69, 9.17) is 0 Å². The molecule has 0 heterocycles. The monoisotopic (exact) mass is 420 g/mol. The molecule has 2 amide bonds. The molecule has 0 saturated heterocycles. The highest BCUT2D eigenvalue weighted by Crippen LogP contribution is 2.27. The first-order valence-corrected chi connectivity index (χ1v) is 10.4. The first-order valence-electron chi connectivity index (χ1n) is 10.4. The molecule has 0 fully saturated rings. The Bertz CT molecular complexity index is 1250. The third-order valence-electron chi connectivity index (χ3n) is 5.23. The molecule has 0 atom stereocenters. The zero-order valence-corrected chi connectivity index (χ0v) is 18.1. The van der Waals surface area contributed by atoms with Gasteiger partial charge in [0.05, 0.1) is 0 Å². The van der Waals surface area contributed by atoms with Gasteiger partial charge in [-0.15, -0.1) is 0 Å². The van der Waals surface area contributed by atoms with Crippen molar-refractivity contribution in [3.05, 3.63) is 119 Å². The Labute approximate surface area is 187 Å². The van der Waals surface area contributed by atoms with Crippen LogP contribution in [0, 0.1) is 13.8 Å². The molecule has 0 radical (unpaired) electrons. The van der Waals surface area contributed by atoms with Gasteiger partial charge in [-0.1, -0.05) is 65.7 Å². The summed E-state index contributed by atoms with van der Waals surface area (Å²) in [5.41, 5.74) is 6.25. The fraction of sp³-hybridized carbons (Fsp3) is 0.0714. The lowest BCUT2D eigenvalue weighted by molar-refractivity contribution is 0.101. The molecule has 158 valence electrons. The van der Waals surface area contributed by atoms with Crippen LogP contribution in [0.5, 0.6) is 0 Å². The fourth-order valence-electron chi connectivity index (χ4n) is 3.42. The van der Waals surface area contributed by atoms with Crippen molar-refractivity contribution < 1.29 is 9.59 Å². The van der Waals surface area contributed by atoms with Gasteiger partial charge in [-0.3, -0.25) is 9.59 Å². The highest BCUT2D eigenvalue weighted by Gasteiger charge is 2.16. The molecule has 0 spiro atoms. The van der Waals surface area contributed by atoms with Crippen molar-refractivity contribution in [3.8, 4) is 11.1 Å². The summed E-state index contributed by atoms with van der Waals surface area (Å²) in [5, 5.41) is 5.87. The average Bonchev–Trinajstić information content (AvgIpc) is 2.82. The summed E-state index contributed by atoms with van der Waals surface area (Å²) in [4.78, 5) is 26.0. The van der Waals surface area contributed by atoms with E-state index in [1.165, 1.54) is 0 Å². The topological polar surface area (TPSA) is 58.2 Å². The first-order chi connectivity index (χ1) is 15.5. The molecule has 4 nitrogen and oxygen atoms in total. The van der Waals surface area contributed by atoms with Gasteiger partial charge in [-0.25, -0.2) is 0 Å². The standard InChI is InChI=1S/C28H24N2O2/c1-19-8-13-23(14-9-19)29-27(31)22-12-17-25(26(18-22)21-6-4-3-5-7-21)28(32)30-24-15-10-20(2)11-16-24/h3-18H,1-2H3,(H,29,31)(H,30,32). The minimum atomic E-state index is -0.225. The van der Waals surface area contributed by atoms with Gasteiger partial charge < -0.3 is 10.6 Å². The van der Waals surface area contributed by atoms with E-state index < -0.39 is 0 Å². The van der Waals surface area contributed by atoms with Crippen molar-refractivity contribution in [2.45, 2.75) is 13.8 Å². The molecule has 0 aliphatic rings. The van der Waals surface area contributed by atoms with E-state index in [1.54, 1.807) is 18.2 Å². The number of hydrogen-bond acceptors (Lipinski definition) is 2. The molecule has 0 unspecified atom stereocenters. The zero-order valence-electron chi connectivity index (χ0n) is 18.1. The number of benzene rings is 4. The molecule has 32 heavy (non-hydrogen) atoms. The Balaban J connectivity index is 1.66. The SMILES string of the molecule is Cc1ccc(NC(=O)c2ccc(C(=O)Nc3ccc(C)cc3)c(-c3ccccc3)c2)cc1. The van der Waals surface area contributed by atoms with Crippen LogP contribution in [0.1, 0.15) is 31.8 Å². The molecular weight excluding hydrogens is 396 g/mol. The molecule has 0 aliphatic carbocycles. The van der Waals surface area contributed by atoms with Gasteiger partial charge in [-0.05, 0) is 67.4 Å². The Morgan fingerprint density at radius 2 is 1.12 bits per heavy atom. The number of anilines is 2. The van der Waals surface area contributed by atoms with Gasteiger partial charge in [0.15, 0.2) is 0 Å². The zero-order chi connectivity index (χ0) is 22.5.